The molecule has 6 heteroatoms. The molecule has 0 unspecified atom stereocenters. The molecule has 0 radical (unpaired) electrons. The number of carbonyl (C=O) groups excluding carboxylic acids is 1. The molecular formula is C17H16N2O3S. The van der Waals surface area contributed by atoms with Gasteiger partial charge in [0.1, 0.15) is 0 Å². The van der Waals surface area contributed by atoms with Gasteiger partial charge < -0.3 is 5.53 Å². The van der Waals surface area contributed by atoms with Crippen LogP contribution in [0.2, 0.25) is 0 Å². The van der Waals surface area contributed by atoms with Crippen molar-refractivity contribution in [1.29, 1.82) is 0 Å². The van der Waals surface area contributed by atoms with Crippen LogP contribution in [-0.2, 0) is 16.3 Å². The molecule has 0 spiro atoms. The number of ketones is 1. The highest BCUT2D eigenvalue weighted by Gasteiger charge is 2.39. The van der Waals surface area contributed by atoms with E-state index in [1.54, 1.807) is 31.2 Å². The molecule has 0 fully saturated rings. The van der Waals surface area contributed by atoms with Crippen LogP contribution in [0.4, 0.5) is 0 Å². The van der Waals surface area contributed by atoms with Crippen molar-refractivity contribution in [2.75, 3.05) is 0 Å². The topological polar surface area (TPSA) is 87.6 Å². The number of Topliss-reactive ketones (excluding diaryl/α,β-unsaturated/α-hetero) is 1. The zero-order valence-corrected chi connectivity index (χ0v) is 13.7. The standard InChI is InChI=1S/C17H16N2O3S/c1-3-13-10-9-12(2)15(11-13)23(21,22)17(19-18)16(20)14-7-5-4-6-8-14/h4-11H,3H2,1-2H3. The SMILES string of the molecule is CCc1ccc(C)c(S(=O)(=O)C(=[N+]=[N-])C(=O)c2ccccc2)c1. The van der Waals surface area contributed by atoms with Crippen LogP contribution in [0.25, 0.3) is 5.53 Å². The molecule has 2 rings (SSSR count). The quantitative estimate of drug-likeness (QED) is 0.284. The minimum absolute atomic E-state index is 0.0195. The normalized spacial score (nSPS) is 10.9. The van der Waals surface area contributed by atoms with Crippen LogP contribution >= 0.6 is 0 Å². The Morgan fingerprint density at radius 3 is 2.35 bits per heavy atom. The average Bonchev–Trinajstić information content (AvgIpc) is 2.56. The van der Waals surface area contributed by atoms with Crippen LogP contribution in [0.5, 0.6) is 0 Å². The molecule has 0 heterocycles. The molecule has 2 aromatic carbocycles. The van der Waals surface area contributed by atoms with Crippen LogP contribution in [-0.4, -0.2) is 24.0 Å². The van der Waals surface area contributed by atoms with Gasteiger partial charge >= 0.3 is 5.04 Å². The van der Waals surface area contributed by atoms with Gasteiger partial charge in [-0.1, -0.05) is 49.4 Å². The Morgan fingerprint density at radius 1 is 1.13 bits per heavy atom. The van der Waals surface area contributed by atoms with Gasteiger partial charge in [-0.05, 0) is 30.5 Å². The van der Waals surface area contributed by atoms with Crippen molar-refractivity contribution in [3.8, 4) is 0 Å². The molecule has 0 N–H and O–H groups in total. The first kappa shape index (κ1) is 16.8. The maximum atomic E-state index is 12.8. The van der Waals surface area contributed by atoms with Gasteiger partial charge in [0.25, 0.3) is 15.6 Å². The summed E-state index contributed by atoms with van der Waals surface area (Å²) in [6, 6.07) is 12.9. The molecule has 0 saturated carbocycles. The maximum Gasteiger partial charge on any atom is 0.456 e. The summed E-state index contributed by atoms with van der Waals surface area (Å²) < 4.78 is 25.5. The van der Waals surface area contributed by atoms with E-state index in [0.717, 1.165) is 5.56 Å². The van der Waals surface area contributed by atoms with E-state index in [0.29, 0.717) is 12.0 Å². The third-order valence-electron chi connectivity index (χ3n) is 3.53. The van der Waals surface area contributed by atoms with Crippen molar-refractivity contribution in [3.63, 3.8) is 0 Å². The van der Waals surface area contributed by atoms with E-state index < -0.39 is 20.7 Å². The molecule has 23 heavy (non-hydrogen) atoms. The summed E-state index contributed by atoms with van der Waals surface area (Å²) in [4.78, 5) is 15.2. The van der Waals surface area contributed by atoms with E-state index >= 15 is 0 Å². The van der Waals surface area contributed by atoms with Gasteiger partial charge in [-0.2, -0.15) is 0 Å². The predicted molar refractivity (Wildman–Crippen MR) is 87.1 cm³/mol. The molecule has 0 aromatic heterocycles. The fraction of sp³-hybridized carbons (Fsp3) is 0.176. The molecule has 0 aliphatic heterocycles. The number of carbonyl (C=O) groups is 1. The van der Waals surface area contributed by atoms with Crippen LogP contribution < -0.4 is 0 Å². The molecule has 0 aliphatic carbocycles. The van der Waals surface area contributed by atoms with Crippen LogP contribution in [0.15, 0.2) is 53.4 Å². The number of hydrogen-bond donors (Lipinski definition) is 0. The molecule has 0 aliphatic rings. The summed E-state index contributed by atoms with van der Waals surface area (Å²) in [6.07, 6.45) is 0.654. The van der Waals surface area contributed by atoms with Crippen molar-refractivity contribution in [3.05, 3.63) is 70.8 Å². The summed E-state index contributed by atoms with van der Waals surface area (Å²) in [5.41, 5.74) is 10.6. The fourth-order valence-corrected chi connectivity index (χ4v) is 3.67. The third kappa shape index (κ3) is 3.28. The zero-order valence-electron chi connectivity index (χ0n) is 12.9. The molecule has 118 valence electrons. The molecule has 0 amide bonds. The molecule has 5 nitrogen and oxygen atoms in total. The van der Waals surface area contributed by atoms with Crippen molar-refractivity contribution < 1.29 is 18.0 Å². The summed E-state index contributed by atoms with van der Waals surface area (Å²) in [5, 5.41) is -0.875. The van der Waals surface area contributed by atoms with Gasteiger partial charge in [0.05, 0.1) is 4.90 Å². The van der Waals surface area contributed by atoms with E-state index in [1.165, 1.54) is 18.2 Å². The van der Waals surface area contributed by atoms with Gasteiger partial charge in [0.15, 0.2) is 0 Å². The minimum atomic E-state index is -4.21. The highest BCUT2D eigenvalue weighted by Crippen LogP contribution is 2.21. The second-order valence-electron chi connectivity index (χ2n) is 5.06. The highest BCUT2D eigenvalue weighted by atomic mass is 32.2. The Labute approximate surface area is 135 Å². The fourth-order valence-electron chi connectivity index (χ4n) is 2.19. The van der Waals surface area contributed by atoms with E-state index in [-0.39, 0.29) is 10.5 Å². The number of benzene rings is 2. The van der Waals surface area contributed by atoms with E-state index in [9.17, 15) is 13.2 Å². The van der Waals surface area contributed by atoms with Gasteiger partial charge in [0.2, 0.25) is 0 Å². The third-order valence-corrected chi connectivity index (χ3v) is 5.32. The lowest BCUT2D eigenvalue weighted by molar-refractivity contribution is -0.00158. The Bertz CT molecular complexity index is 897. The number of rotatable bonds is 4. The Kier molecular flexibility index (Phi) is 4.89. The predicted octanol–water partition coefficient (Wildman–Crippen LogP) is 2.84. The first-order chi connectivity index (χ1) is 10.9. The lowest BCUT2D eigenvalue weighted by Gasteiger charge is -2.06. The van der Waals surface area contributed by atoms with Gasteiger partial charge in [-0.15, -0.1) is 4.79 Å². The molecule has 2 aromatic rings. The van der Waals surface area contributed by atoms with Crippen LogP contribution in [0.3, 0.4) is 0 Å². The van der Waals surface area contributed by atoms with Crippen molar-refractivity contribution >= 4 is 20.7 Å². The van der Waals surface area contributed by atoms with E-state index in [4.69, 9.17) is 5.53 Å². The van der Waals surface area contributed by atoms with Gasteiger partial charge in [-0.25, -0.2) is 8.42 Å². The van der Waals surface area contributed by atoms with Crippen LogP contribution in [0, 0.1) is 6.92 Å². The van der Waals surface area contributed by atoms with E-state index in [2.05, 4.69) is 4.79 Å². The maximum absolute atomic E-state index is 12.8. The summed E-state index contributed by atoms with van der Waals surface area (Å²) >= 11 is 0. The van der Waals surface area contributed by atoms with Gasteiger partial charge in [0, 0.05) is 5.56 Å². The van der Waals surface area contributed by atoms with Crippen molar-refractivity contribution in [1.82, 2.24) is 0 Å². The first-order valence-electron chi connectivity index (χ1n) is 7.08. The number of aryl methyl sites for hydroxylation is 2. The molecule has 0 saturated heterocycles. The highest BCUT2D eigenvalue weighted by molar-refractivity contribution is 8.08. The number of sulfone groups is 1. The van der Waals surface area contributed by atoms with Crippen molar-refractivity contribution in [2.24, 2.45) is 0 Å². The van der Waals surface area contributed by atoms with Crippen molar-refractivity contribution in [2.45, 2.75) is 25.2 Å². The number of hydrogen-bond acceptors (Lipinski definition) is 3. The second-order valence-corrected chi connectivity index (χ2v) is 6.89. The zero-order chi connectivity index (χ0) is 17.0. The smallest absolute Gasteiger partial charge is 0.360 e. The average molecular weight is 328 g/mol. The molecule has 0 bridgehead atoms. The lowest BCUT2D eigenvalue weighted by atomic mass is 10.1. The van der Waals surface area contributed by atoms with E-state index in [1.807, 2.05) is 13.0 Å². The van der Waals surface area contributed by atoms with Crippen LogP contribution in [0.1, 0.15) is 28.4 Å². The lowest BCUT2D eigenvalue weighted by Crippen LogP contribution is -2.26. The summed E-state index contributed by atoms with van der Waals surface area (Å²) in [7, 11) is -4.21. The molecular weight excluding hydrogens is 312 g/mol. The number of nitrogens with zero attached hydrogens (tertiary/aromatic N) is 2. The Balaban J connectivity index is 2.58. The monoisotopic (exact) mass is 328 g/mol. The Morgan fingerprint density at radius 2 is 1.78 bits per heavy atom. The minimum Gasteiger partial charge on any atom is -0.360 e. The first-order valence-corrected chi connectivity index (χ1v) is 8.56. The summed E-state index contributed by atoms with van der Waals surface area (Å²) in [5.74, 6) is -0.839. The Hall–Kier alpha value is -2.56. The summed E-state index contributed by atoms with van der Waals surface area (Å²) in [6.45, 7) is 3.53. The largest absolute Gasteiger partial charge is 0.456 e. The van der Waals surface area contributed by atoms with Gasteiger partial charge in [-0.3, -0.25) is 4.79 Å². The molecule has 0 atom stereocenters. The second kappa shape index (κ2) is 6.69.